The molecule has 0 radical (unpaired) electrons. The molecule has 1 atom stereocenters. The number of carbonyl (C=O) groups excluding carboxylic acids is 1. The Kier molecular flexibility index (Phi) is 3.84. The second-order valence-corrected chi connectivity index (χ2v) is 4.13. The molecule has 14 heavy (non-hydrogen) atoms. The van der Waals surface area contributed by atoms with E-state index in [0.717, 1.165) is 11.3 Å². The zero-order chi connectivity index (χ0) is 10.6. The van der Waals surface area contributed by atoms with Crippen molar-refractivity contribution in [3.8, 4) is 0 Å². The minimum absolute atomic E-state index is 0.206. The van der Waals surface area contributed by atoms with Gasteiger partial charge in [-0.3, -0.25) is 9.59 Å². The van der Waals surface area contributed by atoms with Crippen LogP contribution in [0, 0.1) is 0 Å². The van der Waals surface area contributed by atoms with Crippen LogP contribution in [0.1, 0.15) is 17.5 Å². The number of amides is 1. The van der Waals surface area contributed by atoms with Crippen LogP contribution >= 0.6 is 22.9 Å². The van der Waals surface area contributed by atoms with Crippen LogP contribution < -0.4 is 5.32 Å². The van der Waals surface area contributed by atoms with Crippen molar-refractivity contribution in [1.82, 2.24) is 10.3 Å². The third-order valence-electron chi connectivity index (χ3n) is 1.44. The Bertz CT molecular complexity index is 341. The predicted molar refractivity (Wildman–Crippen MR) is 51.3 cm³/mol. The molecule has 1 heterocycles. The summed E-state index contributed by atoms with van der Waals surface area (Å²) < 4.78 is 0.461. The molecule has 0 fully saturated rings. The van der Waals surface area contributed by atoms with Crippen LogP contribution in [0.25, 0.3) is 0 Å². The van der Waals surface area contributed by atoms with E-state index in [-0.39, 0.29) is 6.42 Å². The second-order valence-electron chi connectivity index (χ2n) is 2.44. The Morgan fingerprint density at radius 1 is 1.86 bits per heavy atom. The van der Waals surface area contributed by atoms with Crippen LogP contribution in [0.5, 0.6) is 0 Å². The zero-order valence-electron chi connectivity index (χ0n) is 6.94. The van der Waals surface area contributed by atoms with Crippen LogP contribution in [-0.2, 0) is 9.59 Å². The molecule has 5 nitrogen and oxygen atoms in total. The summed E-state index contributed by atoms with van der Waals surface area (Å²) in [5.74, 6) is -1.00. The minimum Gasteiger partial charge on any atom is -0.481 e. The highest BCUT2D eigenvalue weighted by Crippen LogP contribution is 2.25. The van der Waals surface area contributed by atoms with Gasteiger partial charge in [0, 0.05) is 0 Å². The molecule has 2 N–H and O–H groups in total. The molecule has 1 aromatic heterocycles. The van der Waals surface area contributed by atoms with Gasteiger partial charge in [-0.1, -0.05) is 11.6 Å². The summed E-state index contributed by atoms with van der Waals surface area (Å²) in [6.45, 7) is 0. The summed E-state index contributed by atoms with van der Waals surface area (Å²) in [4.78, 5) is 24.6. The van der Waals surface area contributed by atoms with Gasteiger partial charge in [-0.2, -0.15) is 0 Å². The highest BCUT2D eigenvalue weighted by molar-refractivity contribution is 7.15. The van der Waals surface area contributed by atoms with Gasteiger partial charge in [-0.25, -0.2) is 4.98 Å². The Balaban J connectivity index is 2.76. The fourth-order valence-corrected chi connectivity index (χ4v) is 1.89. The van der Waals surface area contributed by atoms with E-state index in [0.29, 0.717) is 15.8 Å². The highest BCUT2D eigenvalue weighted by Gasteiger charge is 2.17. The van der Waals surface area contributed by atoms with E-state index in [2.05, 4.69) is 10.3 Å². The van der Waals surface area contributed by atoms with E-state index < -0.39 is 12.0 Å². The molecule has 76 valence electrons. The maximum atomic E-state index is 10.5. The first kappa shape index (κ1) is 10.9. The van der Waals surface area contributed by atoms with Gasteiger partial charge in [0.1, 0.15) is 9.34 Å². The molecule has 0 bridgehead atoms. The Labute approximate surface area is 88.7 Å². The molecule has 1 aromatic rings. The number of hydrogen-bond donors (Lipinski definition) is 2. The molecule has 0 aliphatic heterocycles. The molecule has 0 spiro atoms. The molecule has 0 aromatic carbocycles. The summed E-state index contributed by atoms with van der Waals surface area (Å²) in [7, 11) is 0. The largest absolute Gasteiger partial charge is 0.481 e. The summed E-state index contributed by atoms with van der Waals surface area (Å²) in [6, 6.07) is -0.609. The third-order valence-corrected chi connectivity index (χ3v) is 2.67. The maximum absolute atomic E-state index is 10.5. The summed E-state index contributed by atoms with van der Waals surface area (Å²) in [5, 5.41) is 11.4. The van der Waals surface area contributed by atoms with Crippen molar-refractivity contribution in [2.24, 2.45) is 0 Å². The number of aliphatic carboxylic acids is 1. The molecular weight excluding hydrogens is 228 g/mol. The van der Waals surface area contributed by atoms with Gasteiger partial charge in [0.2, 0.25) is 6.41 Å². The SMILES string of the molecule is O=CN[C@@H](CC(=O)O)c1ncc(Cl)s1. The number of hydrogen-bond acceptors (Lipinski definition) is 4. The normalized spacial score (nSPS) is 12.1. The first-order valence-corrected chi connectivity index (χ1v) is 4.85. The summed E-state index contributed by atoms with van der Waals surface area (Å²) in [6.07, 6.45) is 1.66. The predicted octanol–water partition coefficient (Wildman–Crippen LogP) is 1.06. The van der Waals surface area contributed by atoms with E-state index >= 15 is 0 Å². The van der Waals surface area contributed by atoms with E-state index in [1.54, 1.807) is 0 Å². The minimum atomic E-state index is -1.00. The average Bonchev–Trinajstić information content (AvgIpc) is 2.50. The van der Waals surface area contributed by atoms with Crippen molar-refractivity contribution in [2.45, 2.75) is 12.5 Å². The Hall–Kier alpha value is -1.14. The van der Waals surface area contributed by atoms with Gasteiger partial charge in [0.25, 0.3) is 0 Å². The average molecular weight is 235 g/mol. The number of nitrogens with zero attached hydrogens (tertiary/aromatic N) is 1. The van der Waals surface area contributed by atoms with Gasteiger partial charge < -0.3 is 10.4 Å². The number of halogens is 1. The number of carboxylic acid groups (broad SMARTS) is 1. The van der Waals surface area contributed by atoms with E-state index in [1.807, 2.05) is 0 Å². The van der Waals surface area contributed by atoms with Crippen LogP contribution in [0.4, 0.5) is 0 Å². The first-order chi connectivity index (χ1) is 6.63. The van der Waals surface area contributed by atoms with Gasteiger partial charge >= 0.3 is 5.97 Å². The van der Waals surface area contributed by atoms with Gasteiger partial charge in [-0.05, 0) is 0 Å². The number of thiazole rings is 1. The van der Waals surface area contributed by atoms with Crippen LogP contribution in [-0.4, -0.2) is 22.5 Å². The molecule has 7 heteroatoms. The van der Waals surface area contributed by atoms with Crippen LogP contribution in [0.15, 0.2) is 6.20 Å². The number of rotatable bonds is 5. The van der Waals surface area contributed by atoms with Gasteiger partial charge in [0.15, 0.2) is 0 Å². The monoisotopic (exact) mass is 234 g/mol. The number of carbonyl (C=O) groups is 2. The number of aromatic nitrogens is 1. The zero-order valence-corrected chi connectivity index (χ0v) is 8.51. The van der Waals surface area contributed by atoms with Gasteiger partial charge in [-0.15, -0.1) is 11.3 Å². The Morgan fingerprint density at radius 2 is 2.57 bits per heavy atom. The van der Waals surface area contributed by atoms with E-state index in [4.69, 9.17) is 16.7 Å². The molecule has 0 saturated heterocycles. The second kappa shape index (κ2) is 4.92. The molecule has 0 aliphatic carbocycles. The smallest absolute Gasteiger partial charge is 0.305 e. The van der Waals surface area contributed by atoms with Crippen molar-refractivity contribution in [2.75, 3.05) is 0 Å². The fourth-order valence-electron chi connectivity index (χ4n) is 0.902. The van der Waals surface area contributed by atoms with Crippen molar-refractivity contribution >= 4 is 35.3 Å². The standard InChI is InChI=1S/C7H7ClN2O3S/c8-5-2-9-7(14-5)4(10-3-11)1-6(12)13/h2-4H,1H2,(H,10,11)(H,12,13)/t4-/m0/s1. The van der Waals surface area contributed by atoms with Crippen LogP contribution in [0.3, 0.4) is 0 Å². The number of carboxylic acids is 1. The van der Waals surface area contributed by atoms with Gasteiger partial charge in [0.05, 0.1) is 18.7 Å². The molecule has 1 amide bonds. The lowest BCUT2D eigenvalue weighted by atomic mass is 10.2. The highest BCUT2D eigenvalue weighted by atomic mass is 35.5. The van der Waals surface area contributed by atoms with Crippen molar-refractivity contribution in [3.05, 3.63) is 15.5 Å². The lowest BCUT2D eigenvalue weighted by Crippen LogP contribution is -2.22. The molecule has 0 saturated carbocycles. The molecule has 0 aliphatic rings. The van der Waals surface area contributed by atoms with Crippen molar-refractivity contribution in [1.29, 1.82) is 0 Å². The topological polar surface area (TPSA) is 79.3 Å². The quantitative estimate of drug-likeness (QED) is 0.747. The molecule has 1 rings (SSSR count). The lowest BCUT2D eigenvalue weighted by molar-refractivity contribution is -0.137. The van der Waals surface area contributed by atoms with Crippen LogP contribution in [0.2, 0.25) is 4.34 Å². The summed E-state index contributed by atoms with van der Waals surface area (Å²) in [5.41, 5.74) is 0. The first-order valence-electron chi connectivity index (χ1n) is 3.66. The van der Waals surface area contributed by atoms with Crippen molar-refractivity contribution < 1.29 is 14.7 Å². The fraction of sp³-hybridized carbons (Fsp3) is 0.286. The summed E-state index contributed by atoms with van der Waals surface area (Å²) >= 11 is 6.78. The van der Waals surface area contributed by atoms with E-state index in [9.17, 15) is 9.59 Å². The third kappa shape index (κ3) is 2.97. The molecular formula is C7H7ClN2O3S. The van der Waals surface area contributed by atoms with E-state index in [1.165, 1.54) is 6.20 Å². The molecule has 0 unspecified atom stereocenters. The van der Waals surface area contributed by atoms with Crippen molar-refractivity contribution in [3.63, 3.8) is 0 Å². The Morgan fingerprint density at radius 3 is 3.00 bits per heavy atom. The number of nitrogens with one attached hydrogen (secondary N) is 1. The lowest BCUT2D eigenvalue weighted by Gasteiger charge is -2.09. The maximum Gasteiger partial charge on any atom is 0.305 e.